The molecular weight excluding hydrogens is 435 g/mol. The zero-order valence-electron chi connectivity index (χ0n) is 15.7. The molecule has 0 aromatic carbocycles. The number of thioether (sulfide) groups is 1. The van der Waals surface area contributed by atoms with E-state index < -0.39 is 0 Å². The fraction of sp³-hybridized carbons (Fsp3) is 0.941. The van der Waals surface area contributed by atoms with Gasteiger partial charge in [-0.15, -0.1) is 24.0 Å². The Kier molecular flexibility index (Phi) is 9.69. The predicted octanol–water partition coefficient (Wildman–Crippen LogP) is 2.56. The second-order valence-corrected chi connectivity index (χ2v) is 9.05. The molecule has 2 saturated heterocycles. The molecule has 7 heteroatoms. The first kappa shape index (κ1) is 22.3. The van der Waals surface area contributed by atoms with E-state index in [1.807, 2.05) is 0 Å². The molecule has 0 aliphatic carbocycles. The summed E-state index contributed by atoms with van der Waals surface area (Å²) in [6, 6.07) is 0. The number of hydrogen-bond donors (Lipinski definition) is 2. The molecule has 5 nitrogen and oxygen atoms in total. The molecular formula is C17H35IN4OS. The first-order valence-corrected chi connectivity index (χ1v) is 9.93. The second-order valence-electron chi connectivity index (χ2n) is 7.36. The molecule has 24 heavy (non-hydrogen) atoms. The summed E-state index contributed by atoms with van der Waals surface area (Å²) in [6.45, 7) is 15.4. The summed E-state index contributed by atoms with van der Waals surface area (Å²) in [4.78, 5) is 7.34. The number of ether oxygens (including phenoxy) is 1. The van der Waals surface area contributed by atoms with Gasteiger partial charge in [-0.3, -0.25) is 9.89 Å². The van der Waals surface area contributed by atoms with Crippen molar-refractivity contribution < 1.29 is 4.74 Å². The molecule has 0 amide bonds. The normalized spacial score (nSPS) is 26.1. The maximum absolute atomic E-state index is 5.46. The first-order chi connectivity index (χ1) is 11.0. The molecule has 0 bridgehead atoms. The van der Waals surface area contributed by atoms with Crippen LogP contribution in [0, 0.1) is 0 Å². The third kappa shape index (κ3) is 6.88. The highest BCUT2D eigenvalue weighted by Gasteiger charge is 2.30. The standard InChI is InChI=1S/C17H34N4OS.HI/c1-5-18-15(20-14-17(4)7-6-12-23-17)19-13-16(2,3)21-8-10-22-11-9-21;/h5-14H2,1-4H3,(H2,18,19,20);1H. The van der Waals surface area contributed by atoms with Crippen molar-refractivity contribution in [1.82, 2.24) is 15.5 Å². The molecule has 0 aromatic heterocycles. The van der Waals surface area contributed by atoms with Gasteiger partial charge in [-0.25, -0.2) is 0 Å². The van der Waals surface area contributed by atoms with Crippen molar-refractivity contribution in [2.75, 3.05) is 51.7 Å². The number of morpholine rings is 1. The van der Waals surface area contributed by atoms with Crippen molar-refractivity contribution in [3.8, 4) is 0 Å². The van der Waals surface area contributed by atoms with Crippen LogP contribution in [0.15, 0.2) is 4.99 Å². The van der Waals surface area contributed by atoms with Crippen molar-refractivity contribution in [1.29, 1.82) is 0 Å². The van der Waals surface area contributed by atoms with E-state index in [0.29, 0.717) is 4.75 Å². The Labute approximate surface area is 169 Å². The average molecular weight is 470 g/mol. The molecule has 0 radical (unpaired) electrons. The van der Waals surface area contributed by atoms with Gasteiger partial charge in [-0.05, 0) is 46.3 Å². The summed E-state index contributed by atoms with van der Waals surface area (Å²) in [7, 11) is 0. The SMILES string of the molecule is CCNC(=NCC(C)(C)N1CCOCC1)NCC1(C)CCCS1.I. The maximum atomic E-state index is 5.46. The summed E-state index contributed by atoms with van der Waals surface area (Å²) in [6.07, 6.45) is 2.63. The molecule has 0 spiro atoms. The van der Waals surface area contributed by atoms with Crippen molar-refractivity contribution in [3.63, 3.8) is 0 Å². The molecule has 2 N–H and O–H groups in total. The van der Waals surface area contributed by atoms with Crippen LogP contribution in [0.1, 0.15) is 40.5 Å². The highest BCUT2D eigenvalue weighted by atomic mass is 127. The van der Waals surface area contributed by atoms with Crippen LogP contribution >= 0.6 is 35.7 Å². The maximum Gasteiger partial charge on any atom is 0.191 e. The monoisotopic (exact) mass is 470 g/mol. The fourth-order valence-electron chi connectivity index (χ4n) is 3.13. The molecule has 0 aromatic rings. The Hall–Kier alpha value is 0.270. The van der Waals surface area contributed by atoms with E-state index in [1.54, 1.807) is 0 Å². The van der Waals surface area contributed by atoms with Crippen molar-refractivity contribution >= 4 is 41.7 Å². The largest absolute Gasteiger partial charge is 0.379 e. The number of hydrogen-bond acceptors (Lipinski definition) is 4. The summed E-state index contributed by atoms with van der Waals surface area (Å²) in [5.74, 6) is 2.23. The molecule has 142 valence electrons. The summed E-state index contributed by atoms with van der Waals surface area (Å²) >= 11 is 2.08. The van der Waals surface area contributed by atoms with E-state index in [2.05, 4.69) is 55.0 Å². The van der Waals surface area contributed by atoms with Crippen LogP contribution in [0.25, 0.3) is 0 Å². The van der Waals surface area contributed by atoms with E-state index in [-0.39, 0.29) is 29.5 Å². The minimum absolute atomic E-state index is 0. The van der Waals surface area contributed by atoms with E-state index >= 15 is 0 Å². The van der Waals surface area contributed by atoms with Gasteiger partial charge in [0, 0.05) is 36.5 Å². The highest BCUT2D eigenvalue weighted by Crippen LogP contribution is 2.36. The molecule has 2 rings (SSSR count). The topological polar surface area (TPSA) is 48.9 Å². The summed E-state index contributed by atoms with van der Waals surface area (Å²) in [5, 5.41) is 6.94. The van der Waals surface area contributed by atoms with Crippen LogP contribution < -0.4 is 10.6 Å². The Morgan fingerprint density at radius 3 is 2.58 bits per heavy atom. The summed E-state index contributed by atoms with van der Waals surface area (Å²) < 4.78 is 5.82. The van der Waals surface area contributed by atoms with Gasteiger partial charge in [-0.1, -0.05) is 0 Å². The van der Waals surface area contributed by atoms with Crippen molar-refractivity contribution in [3.05, 3.63) is 0 Å². The molecule has 2 aliphatic heterocycles. The lowest BCUT2D eigenvalue weighted by Gasteiger charge is -2.40. The lowest BCUT2D eigenvalue weighted by atomic mass is 10.0. The van der Waals surface area contributed by atoms with Crippen LogP contribution in [0.3, 0.4) is 0 Å². The average Bonchev–Trinajstić information content (AvgIpc) is 2.98. The highest BCUT2D eigenvalue weighted by molar-refractivity contribution is 14.0. The van der Waals surface area contributed by atoms with Gasteiger partial charge in [0.25, 0.3) is 0 Å². The predicted molar refractivity (Wildman–Crippen MR) is 116 cm³/mol. The number of nitrogens with one attached hydrogen (secondary N) is 2. The Bertz CT molecular complexity index is 394. The smallest absolute Gasteiger partial charge is 0.191 e. The molecule has 2 fully saturated rings. The minimum Gasteiger partial charge on any atom is -0.379 e. The van der Waals surface area contributed by atoms with E-state index in [9.17, 15) is 0 Å². The van der Waals surface area contributed by atoms with Gasteiger partial charge in [0.1, 0.15) is 0 Å². The van der Waals surface area contributed by atoms with E-state index in [1.165, 1.54) is 18.6 Å². The molecule has 2 heterocycles. The van der Waals surface area contributed by atoms with Gasteiger partial charge in [0.15, 0.2) is 5.96 Å². The van der Waals surface area contributed by atoms with Gasteiger partial charge >= 0.3 is 0 Å². The number of guanidine groups is 1. The van der Waals surface area contributed by atoms with E-state index in [0.717, 1.165) is 51.9 Å². The summed E-state index contributed by atoms with van der Waals surface area (Å²) in [5.41, 5.74) is 0.0676. The van der Waals surface area contributed by atoms with Gasteiger partial charge in [0.2, 0.25) is 0 Å². The quantitative estimate of drug-likeness (QED) is 0.355. The van der Waals surface area contributed by atoms with Crippen LogP contribution in [0.5, 0.6) is 0 Å². The Balaban J connectivity index is 0.00000288. The Morgan fingerprint density at radius 2 is 2.00 bits per heavy atom. The zero-order chi connectivity index (χ0) is 16.8. The van der Waals surface area contributed by atoms with Crippen LogP contribution in [-0.2, 0) is 4.74 Å². The number of nitrogens with zero attached hydrogens (tertiary/aromatic N) is 2. The number of rotatable bonds is 6. The fourth-order valence-corrected chi connectivity index (χ4v) is 4.37. The number of aliphatic imine (C=N–C) groups is 1. The third-order valence-corrected chi connectivity index (χ3v) is 6.30. The lowest BCUT2D eigenvalue weighted by molar-refractivity contribution is -0.00683. The first-order valence-electron chi connectivity index (χ1n) is 8.94. The van der Waals surface area contributed by atoms with E-state index in [4.69, 9.17) is 9.73 Å². The van der Waals surface area contributed by atoms with Gasteiger partial charge < -0.3 is 15.4 Å². The number of halogens is 1. The lowest BCUT2D eigenvalue weighted by Crippen LogP contribution is -2.52. The van der Waals surface area contributed by atoms with Gasteiger partial charge in [-0.2, -0.15) is 11.8 Å². The molecule has 1 unspecified atom stereocenters. The van der Waals surface area contributed by atoms with Crippen LogP contribution in [-0.4, -0.2) is 72.8 Å². The van der Waals surface area contributed by atoms with Crippen LogP contribution in [0.4, 0.5) is 0 Å². The Morgan fingerprint density at radius 1 is 1.29 bits per heavy atom. The van der Waals surface area contributed by atoms with Crippen molar-refractivity contribution in [2.45, 2.75) is 50.8 Å². The van der Waals surface area contributed by atoms with Crippen molar-refractivity contribution in [2.24, 2.45) is 4.99 Å². The third-order valence-electron chi connectivity index (χ3n) is 4.77. The zero-order valence-corrected chi connectivity index (χ0v) is 18.8. The van der Waals surface area contributed by atoms with Gasteiger partial charge in [0.05, 0.1) is 19.8 Å². The molecule has 2 aliphatic rings. The minimum atomic E-state index is 0. The molecule has 1 atom stereocenters. The molecule has 0 saturated carbocycles. The van der Waals surface area contributed by atoms with Crippen LogP contribution in [0.2, 0.25) is 0 Å². The second kappa shape index (κ2) is 10.4.